The summed E-state index contributed by atoms with van der Waals surface area (Å²) in [6.45, 7) is 2.26. The van der Waals surface area contributed by atoms with Gasteiger partial charge in [-0.05, 0) is 31.9 Å². The summed E-state index contributed by atoms with van der Waals surface area (Å²) in [5.41, 5.74) is 0.567. The summed E-state index contributed by atoms with van der Waals surface area (Å²) in [5, 5.41) is 14.6. The van der Waals surface area contributed by atoms with Gasteiger partial charge in [-0.2, -0.15) is 0 Å². The molecule has 108 valence electrons. The van der Waals surface area contributed by atoms with E-state index < -0.39 is 5.97 Å². The fourth-order valence-corrected chi connectivity index (χ4v) is 2.48. The van der Waals surface area contributed by atoms with E-state index >= 15 is 0 Å². The minimum absolute atomic E-state index is 0.125. The van der Waals surface area contributed by atoms with Crippen molar-refractivity contribution in [2.75, 3.05) is 0 Å². The number of hydrogen-bond donors (Lipinski definition) is 3. The molecule has 1 aliphatic rings. The summed E-state index contributed by atoms with van der Waals surface area (Å²) in [5.74, 6) is -1.00. The highest BCUT2D eigenvalue weighted by molar-refractivity contribution is 5.87. The Morgan fingerprint density at radius 2 is 2.10 bits per heavy atom. The van der Waals surface area contributed by atoms with Crippen molar-refractivity contribution in [3.8, 4) is 0 Å². The summed E-state index contributed by atoms with van der Waals surface area (Å²) < 4.78 is 0. The number of carboxylic acids is 1. The SMILES string of the molecule is CC1(NC(=O)NCc2cc(C(=O)O)ccn2)CCCC1. The smallest absolute Gasteiger partial charge is 0.335 e. The van der Waals surface area contributed by atoms with Crippen molar-refractivity contribution in [3.05, 3.63) is 29.6 Å². The van der Waals surface area contributed by atoms with Crippen LogP contribution in [-0.4, -0.2) is 27.6 Å². The minimum Gasteiger partial charge on any atom is -0.478 e. The first-order valence-corrected chi connectivity index (χ1v) is 6.73. The van der Waals surface area contributed by atoms with Crippen molar-refractivity contribution in [1.82, 2.24) is 15.6 Å². The fourth-order valence-electron chi connectivity index (χ4n) is 2.48. The standard InChI is InChI=1S/C14H19N3O3/c1-14(5-2-3-6-14)17-13(20)16-9-11-8-10(12(18)19)4-7-15-11/h4,7-8H,2-3,5-6,9H2,1H3,(H,18,19)(H2,16,17,20). The normalized spacial score (nSPS) is 16.6. The van der Waals surface area contributed by atoms with E-state index in [1.165, 1.54) is 18.3 Å². The molecule has 1 aromatic heterocycles. The number of urea groups is 1. The monoisotopic (exact) mass is 277 g/mol. The zero-order valence-electron chi connectivity index (χ0n) is 11.5. The summed E-state index contributed by atoms with van der Waals surface area (Å²) in [7, 11) is 0. The van der Waals surface area contributed by atoms with E-state index in [0.29, 0.717) is 5.69 Å². The third kappa shape index (κ3) is 3.69. The lowest BCUT2D eigenvalue weighted by Gasteiger charge is -2.25. The Morgan fingerprint density at radius 3 is 2.75 bits per heavy atom. The molecule has 0 aromatic carbocycles. The van der Waals surface area contributed by atoms with Crippen molar-refractivity contribution in [1.29, 1.82) is 0 Å². The van der Waals surface area contributed by atoms with Crippen molar-refractivity contribution in [2.45, 2.75) is 44.7 Å². The molecule has 6 nitrogen and oxygen atoms in total. The third-order valence-electron chi connectivity index (χ3n) is 3.62. The van der Waals surface area contributed by atoms with Crippen LogP contribution in [0.15, 0.2) is 18.3 Å². The lowest BCUT2D eigenvalue weighted by molar-refractivity contribution is 0.0696. The first-order chi connectivity index (χ1) is 9.48. The Morgan fingerprint density at radius 1 is 1.40 bits per heavy atom. The molecule has 1 saturated carbocycles. The highest BCUT2D eigenvalue weighted by Gasteiger charge is 2.29. The molecule has 6 heteroatoms. The van der Waals surface area contributed by atoms with Gasteiger partial charge in [0.1, 0.15) is 0 Å². The summed E-state index contributed by atoms with van der Waals surface area (Å²) in [6.07, 6.45) is 5.69. The topological polar surface area (TPSA) is 91.3 Å². The van der Waals surface area contributed by atoms with Crippen molar-refractivity contribution < 1.29 is 14.7 Å². The average Bonchev–Trinajstić information content (AvgIpc) is 2.83. The van der Waals surface area contributed by atoms with Gasteiger partial charge in [0.25, 0.3) is 0 Å². The van der Waals surface area contributed by atoms with Gasteiger partial charge in [0.2, 0.25) is 0 Å². The van der Waals surface area contributed by atoms with E-state index in [0.717, 1.165) is 25.7 Å². The zero-order valence-corrected chi connectivity index (χ0v) is 11.5. The molecule has 3 N–H and O–H groups in total. The number of carbonyl (C=O) groups is 2. The number of aromatic nitrogens is 1. The minimum atomic E-state index is -1.00. The lowest BCUT2D eigenvalue weighted by Crippen LogP contribution is -2.48. The van der Waals surface area contributed by atoms with Gasteiger partial charge in [-0.1, -0.05) is 12.8 Å². The quantitative estimate of drug-likeness (QED) is 0.784. The first kappa shape index (κ1) is 14.3. The third-order valence-corrected chi connectivity index (χ3v) is 3.62. The van der Waals surface area contributed by atoms with Gasteiger partial charge in [0.15, 0.2) is 0 Å². The van der Waals surface area contributed by atoms with Gasteiger partial charge >= 0.3 is 12.0 Å². The molecule has 2 rings (SSSR count). The van der Waals surface area contributed by atoms with E-state index in [-0.39, 0.29) is 23.7 Å². The lowest BCUT2D eigenvalue weighted by atomic mass is 10.0. The second-order valence-electron chi connectivity index (χ2n) is 5.42. The van der Waals surface area contributed by atoms with Crippen LogP contribution in [0.5, 0.6) is 0 Å². The molecular formula is C14H19N3O3. The predicted molar refractivity (Wildman–Crippen MR) is 73.4 cm³/mol. The molecule has 0 saturated heterocycles. The number of carboxylic acid groups (broad SMARTS) is 1. The number of aromatic carboxylic acids is 1. The van der Waals surface area contributed by atoms with Gasteiger partial charge in [-0.25, -0.2) is 9.59 Å². The Kier molecular flexibility index (Phi) is 4.22. The number of hydrogen-bond acceptors (Lipinski definition) is 3. The first-order valence-electron chi connectivity index (χ1n) is 6.73. The molecule has 1 heterocycles. The van der Waals surface area contributed by atoms with Crippen LogP contribution in [0.1, 0.15) is 48.7 Å². The van der Waals surface area contributed by atoms with E-state index in [1.807, 2.05) is 6.92 Å². The van der Waals surface area contributed by atoms with Crippen LogP contribution in [0.4, 0.5) is 4.79 Å². The van der Waals surface area contributed by atoms with Gasteiger partial charge in [-0.15, -0.1) is 0 Å². The van der Waals surface area contributed by atoms with Crippen LogP contribution in [0.25, 0.3) is 0 Å². The van der Waals surface area contributed by atoms with Crippen molar-refractivity contribution >= 4 is 12.0 Å². The highest BCUT2D eigenvalue weighted by Crippen LogP contribution is 2.28. The second-order valence-corrected chi connectivity index (χ2v) is 5.42. The van der Waals surface area contributed by atoms with E-state index in [9.17, 15) is 9.59 Å². The molecule has 0 bridgehead atoms. The van der Waals surface area contributed by atoms with Crippen molar-refractivity contribution in [2.24, 2.45) is 0 Å². The number of nitrogens with zero attached hydrogens (tertiary/aromatic N) is 1. The average molecular weight is 277 g/mol. The van der Waals surface area contributed by atoms with Crippen LogP contribution < -0.4 is 10.6 Å². The van der Waals surface area contributed by atoms with Gasteiger partial charge < -0.3 is 15.7 Å². The Balaban J connectivity index is 1.87. The number of nitrogens with one attached hydrogen (secondary N) is 2. The maximum atomic E-state index is 11.8. The van der Waals surface area contributed by atoms with E-state index in [4.69, 9.17) is 5.11 Å². The van der Waals surface area contributed by atoms with Crippen LogP contribution in [0, 0.1) is 0 Å². The molecular weight excluding hydrogens is 258 g/mol. The maximum absolute atomic E-state index is 11.8. The Hall–Kier alpha value is -2.11. The number of carbonyl (C=O) groups excluding carboxylic acids is 1. The second kappa shape index (κ2) is 5.90. The fraction of sp³-hybridized carbons (Fsp3) is 0.500. The van der Waals surface area contributed by atoms with Crippen LogP contribution in [0.2, 0.25) is 0 Å². The van der Waals surface area contributed by atoms with Gasteiger partial charge in [-0.3, -0.25) is 4.98 Å². The summed E-state index contributed by atoms with van der Waals surface area (Å²) in [4.78, 5) is 26.7. The summed E-state index contributed by atoms with van der Waals surface area (Å²) in [6, 6.07) is 2.64. The highest BCUT2D eigenvalue weighted by atomic mass is 16.4. The van der Waals surface area contributed by atoms with Crippen LogP contribution >= 0.6 is 0 Å². The molecule has 20 heavy (non-hydrogen) atoms. The van der Waals surface area contributed by atoms with E-state index in [1.54, 1.807) is 0 Å². The Labute approximate surface area is 117 Å². The largest absolute Gasteiger partial charge is 0.478 e. The maximum Gasteiger partial charge on any atom is 0.335 e. The molecule has 2 amide bonds. The predicted octanol–water partition coefficient (Wildman–Crippen LogP) is 1.91. The van der Waals surface area contributed by atoms with Gasteiger partial charge in [0.05, 0.1) is 17.8 Å². The number of pyridine rings is 1. The van der Waals surface area contributed by atoms with Crippen LogP contribution in [0.3, 0.4) is 0 Å². The summed E-state index contributed by atoms with van der Waals surface area (Å²) >= 11 is 0. The number of amides is 2. The number of rotatable bonds is 4. The van der Waals surface area contributed by atoms with Crippen LogP contribution in [-0.2, 0) is 6.54 Å². The molecule has 0 unspecified atom stereocenters. The van der Waals surface area contributed by atoms with Crippen molar-refractivity contribution in [3.63, 3.8) is 0 Å². The molecule has 1 aromatic rings. The molecule has 0 radical (unpaired) electrons. The van der Waals surface area contributed by atoms with E-state index in [2.05, 4.69) is 15.6 Å². The molecule has 1 aliphatic carbocycles. The molecule has 0 aliphatic heterocycles. The zero-order chi connectivity index (χ0) is 14.6. The Bertz CT molecular complexity index is 510. The van der Waals surface area contributed by atoms with Gasteiger partial charge in [0, 0.05) is 11.7 Å². The molecule has 0 atom stereocenters. The molecule has 1 fully saturated rings. The molecule has 0 spiro atoms.